The monoisotopic (exact) mass is 406 g/mol. The Labute approximate surface area is 165 Å². The molecule has 0 bridgehead atoms. The predicted octanol–water partition coefficient (Wildman–Crippen LogP) is 8.22. The highest BCUT2D eigenvalue weighted by Gasteiger charge is 2.14. The van der Waals surface area contributed by atoms with Crippen LogP contribution in [0.2, 0.25) is 0 Å². The third-order valence-corrected chi connectivity index (χ3v) is 6.34. The molecule has 0 aromatic heterocycles. The molecule has 6 aromatic carbocycles. The van der Waals surface area contributed by atoms with Crippen LogP contribution in [0.15, 0.2) is 95.5 Å². The highest BCUT2D eigenvalue weighted by atomic mass is 79.9. The lowest BCUT2D eigenvalue weighted by atomic mass is 9.89. The van der Waals surface area contributed by atoms with E-state index in [2.05, 4.69) is 107 Å². The molecule has 0 amide bonds. The summed E-state index contributed by atoms with van der Waals surface area (Å²) in [6.07, 6.45) is 0. The fourth-order valence-corrected chi connectivity index (χ4v) is 5.12. The molecule has 126 valence electrons. The van der Waals surface area contributed by atoms with Gasteiger partial charge in [-0.15, -0.1) is 0 Å². The normalized spacial score (nSPS) is 11.9. The van der Waals surface area contributed by atoms with Crippen molar-refractivity contribution in [2.45, 2.75) is 0 Å². The van der Waals surface area contributed by atoms with Gasteiger partial charge in [0, 0.05) is 9.86 Å². The first kappa shape index (κ1) is 15.2. The summed E-state index contributed by atoms with van der Waals surface area (Å²) >= 11 is 3.79. The van der Waals surface area contributed by atoms with Crippen molar-refractivity contribution in [1.29, 1.82) is 0 Å². The van der Waals surface area contributed by atoms with Crippen LogP contribution in [0.25, 0.3) is 53.9 Å². The van der Waals surface area contributed by atoms with E-state index in [4.69, 9.17) is 0 Å². The lowest BCUT2D eigenvalue weighted by Crippen LogP contribution is -1.87. The molecule has 0 fully saturated rings. The fourth-order valence-electron chi connectivity index (χ4n) is 4.54. The lowest BCUT2D eigenvalue weighted by molar-refractivity contribution is 1.75. The zero-order valence-electron chi connectivity index (χ0n) is 14.5. The first-order chi connectivity index (χ1) is 13.3. The zero-order chi connectivity index (χ0) is 18.0. The Morgan fingerprint density at radius 1 is 0.370 bits per heavy atom. The van der Waals surface area contributed by atoms with Crippen molar-refractivity contribution < 1.29 is 0 Å². The van der Waals surface area contributed by atoms with Gasteiger partial charge in [-0.05, 0) is 54.5 Å². The molecule has 0 spiro atoms. The van der Waals surface area contributed by atoms with E-state index in [-0.39, 0.29) is 0 Å². The first-order valence-electron chi connectivity index (χ1n) is 9.16. The standard InChI is InChI=1S/C26H15Br/c27-23-11-5-10-20-22-15-14-17-13-12-16-6-1-2-7-18(16)24(17)26(22)21-9-4-3-8-19(21)25(20)23/h1-15H. The number of hydrogen-bond donors (Lipinski definition) is 0. The molecule has 0 aliphatic rings. The van der Waals surface area contributed by atoms with Crippen LogP contribution < -0.4 is 0 Å². The lowest BCUT2D eigenvalue weighted by Gasteiger charge is -2.15. The Hall–Kier alpha value is -2.90. The van der Waals surface area contributed by atoms with Gasteiger partial charge in [0.25, 0.3) is 0 Å². The molecule has 6 aromatic rings. The second-order valence-corrected chi connectivity index (χ2v) is 7.94. The largest absolute Gasteiger partial charge is 0.0616 e. The average molecular weight is 407 g/mol. The maximum Gasteiger partial charge on any atom is 0.0260 e. The molecule has 0 atom stereocenters. The van der Waals surface area contributed by atoms with Crippen LogP contribution >= 0.6 is 15.9 Å². The quantitative estimate of drug-likeness (QED) is 0.223. The van der Waals surface area contributed by atoms with Crippen LogP contribution in [0.3, 0.4) is 0 Å². The molecule has 27 heavy (non-hydrogen) atoms. The number of fused-ring (bicyclic) bond motifs is 10. The smallest absolute Gasteiger partial charge is 0.0260 e. The van der Waals surface area contributed by atoms with Gasteiger partial charge in [-0.2, -0.15) is 0 Å². The Kier molecular flexibility index (Phi) is 3.12. The highest BCUT2D eigenvalue weighted by Crippen LogP contribution is 2.42. The van der Waals surface area contributed by atoms with Gasteiger partial charge < -0.3 is 0 Å². The minimum Gasteiger partial charge on any atom is -0.0616 e. The highest BCUT2D eigenvalue weighted by molar-refractivity contribution is 9.10. The molecule has 6 rings (SSSR count). The molecule has 0 unspecified atom stereocenters. The number of rotatable bonds is 0. The van der Waals surface area contributed by atoms with Crippen molar-refractivity contribution in [1.82, 2.24) is 0 Å². The van der Waals surface area contributed by atoms with Crippen molar-refractivity contribution in [2.24, 2.45) is 0 Å². The van der Waals surface area contributed by atoms with Crippen LogP contribution in [-0.4, -0.2) is 0 Å². The molecular weight excluding hydrogens is 392 g/mol. The summed E-state index contributed by atoms with van der Waals surface area (Å²) < 4.78 is 1.15. The summed E-state index contributed by atoms with van der Waals surface area (Å²) in [7, 11) is 0. The SMILES string of the molecule is Brc1cccc2c3ccc4ccc5ccccc5c4c3c3ccccc3c12. The summed E-state index contributed by atoms with van der Waals surface area (Å²) in [5.74, 6) is 0. The average Bonchev–Trinajstić information content (AvgIpc) is 2.73. The Morgan fingerprint density at radius 2 is 0.926 bits per heavy atom. The van der Waals surface area contributed by atoms with Gasteiger partial charge in [-0.1, -0.05) is 101 Å². The van der Waals surface area contributed by atoms with E-state index < -0.39 is 0 Å². The third kappa shape index (κ3) is 2.03. The second kappa shape index (κ2) is 5.55. The summed E-state index contributed by atoms with van der Waals surface area (Å²) in [6.45, 7) is 0. The van der Waals surface area contributed by atoms with Gasteiger partial charge in [-0.3, -0.25) is 0 Å². The van der Waals surface area contributed by atoms with Gasteiger partial charge >= 0.3 is 0 Å². The minimum absolute atomic E-state index is 1.15. The van der Waals surface area contributed by atoms with Crippen molar-refractivity contribution in [2.75, 3.05) is 0 Å². The second-order valence-electron chi connectivity index (χ2n) is 7.08. The molecule has 0 saturated heterocycles. The molecule has 0 saturated carbocycles. The molecule has 0 nitrogen and oxygen atoms in total. The van der Waals surface area contributed by atoms with E-state index in [0.717, 1.165) is 4.47 Å². The van der Waals surface area contributed by atoms with E-state index >= 15 is 0 Å². The van der Waals surface area contributed by atoms with E-state index in [0.29, 0.717) is 0 Å². The summed E-state index contributed by atoms with van der Waals surface area (Å²) in [6, 6.07) is 33.0. The summed E-state index contributed by atoms with van der Waals surface area (Å²) in [5.41, 5.74) is 0. The maximum atomic E-state index is 3.79. The molecule has 0 aliphatic carbocycles. The molecule has 0 aliphatic heterocycles. The third-order valence-electron chi connectivity index (χ3n) is 5.68. The predicted molar refractivity (Wildman–Crippen MR) is 122 cm³/mol. The van der Waals surface area contributed by atoms with Crippen LogP contribution in [0.4, 0.5) is 0 Å². The van der Waals surface area contributed by atoms with E-state index in [1.165, 1.54) is 53.9 Å². The van der Waals surface area contributed by atoms with Gasteiger partial charge in [0.1, 0.15) is 0 Å². The van der Waals surface area contributed by atoms with Crippen LogP contribution in [0.5, 0.6) is 0 Å². The van der Waals surface area contributed by atoms with E-state index in [9.17, 15) is 0 Å². The zero-order valence-corrected chi connectivity index (χ0v) is 16.1. The summed E-state index contributed by atoms with van der Waals surface area (Å²) in [4.78, 5) is 0. The Bertz CT molecular complexity index is 1500. The summed E-state index contributed by atoms with van der Waals surface area (Å²) in [5, 5.41) is 13.1. The molecule has 1 heteroatoms. The Balaban J connectivity index is 2.06. The van der Waals surface area contributed by atoms with E-state index in [1.807, 2.05) is 0 Å². The van der Waals surface area contributed by atoms with Crippen molar-refractivity contribution in [3.05, 3.63) is 95.5 Å². The van der Waals surface area contributed by atoms with Gasteiger partial charge in [0.2, 0.25) is 0 Å². The van der Waals surface area contributed by atoms with Crippen LogP contribution in [-0.2, 0) is 0 Å². The molecular formula is C26H15Br. The maximum absolute atomic E-state index is 3.79. The topological polar surface area (TPSA) is 0 Å². The number of hydrogen-bond acceptors (Lipinski definition) is 0. The van der Waals surface area contributed by atoms with Crippen molar-refractivity contribution in [3.63, 3.8) is 0 Å². The number of halogens is 1. The van der Waals surface area contributed by atoms with Crippen molar-refractivity contribution in [3.8, 4) is 0 Å². The van der Waals surface area contributed by atoms with Crippen molar-refractivity contribution >= 4 is 69.8 Å². The Morgan fingerprint density at radius 3 is 1.74 bits per heavy atom. The molecule has 0 radical (unpaired) electrons. The van der Waals surface area contributed by atoms with E-state index in [1.54, 1.807) is 0 Å². The van der Waals surface area contributed by atoms with Crippen LogP contribution in [0.1, 0.15) is 0 Å². The van der Waals surface area contributed by atoms with Gasteiger partial charge in [-0.25, -0.2) is 0 Å². The fraction of sp³-hybridized carbons (Fsp3) is 0. The van der Waals surface area contributed by atoms with Gasteiger partial charge in [0.05, 0.1) is 0 Å². The van der Waals surface area contributed by atoms with Crippen LogP contribution in [0, 0.1) is 0 Å². The molecule has 0 heterocycles. The number of benzene rings is 6. The minimum atomic E-state index is 1.15. The molecule has 0 N–H and O–H groups in total. The van der Waals surface area contributed by atoms with Gasteiger partial charge in [0.15, 0.2) is 0 Å². The first-order valence-corrected chi connectivity index (χ1v) is 9.95.